The van der Waals surface area contributed by atoms with E-state index < -0.39 is 17.5 Å². The molecule has 1 aromatic carbocycles. The van der Waals surface area contributed by atoms with Gasteiger partial charge in [0.25, 0.3) is 11.8 Å². The Kier molecular flexibility index (Phi) is 5.21. The van der Waals surface area contributed by atoms with Crippen molar-refractivity contribution in [2.24, 2.45) is 5.73 Å². The van der Waals surface area contributed by atoms with Crippen LogP contribution in [0, 0.1) is 11.6 Å². The van der Waals surface area contributed by atoms with Gasteiger partial charge < -0.3 is 20.2 Å². The van der Waals surface area contributed by atoms with Crippen molar-refractivity contribution >= 4 is 28.4 Å². The lowest BCUT2D eigenvalue weighted by Gasteiger charge is -2.09. The van der Waals surface area contributed by atoms with Gasteiger partial charge >= 0.3 is 0 Å². The number of ether oxygens (including phenoxy) is 1. The second-order valence-corrected chi connectivity index (χ2v) is 6.28. The third-order valence-corrected chi connectivity index (χ3v) is 4.24. The normalized spacial score (nSPS) is 10.9. The molecule has 0 saturated carbocycles. The van der Waals surface area contributed by atoms with Crippen LogP contribution in [0.5, 0.6) is 5.88 Å². The van der Waals surface area contributed by atoms with Gasteiger partial charge in [-0.25, -0.2) is 8.78 Å². The molecule has 0 atom stereocenters. The first kappa shape index (κ1) is 19.2. The van der Waals surface area contributed by atoms with Crippen LogP contribution in [-0.2, 0) is 6.42 Å². The van der Waals surface area contributed by atoms with Crippen molar-refractivity contribution in [1.82, 2.24) is 15.2 Å². The van der Waals surface area contributed by atoms with Gasteiger partial charge in [-0.1, -0.05) is 0 Å². The number of nitrogens with one attached hydrogen (secondary N) is 1. The molecule has 0 aliphatic carbocycles. The third kappa shape index (κ3) is 4.02. The van der Waals surface area contributed by atoms with Gasteiger partial charge in [-0.3, -0.25) is 9.78 Å². The number of hydrogen-bond acceptors (Lipinski definition) is 7. The zero-order chi connectivity index (χ0) is 21.1. The Morgan fingerprint density at radius 2 is 2.00 bits per heavy atom. The fraction of sp³-hybridized carbons (Fsp3) is 0.100. The average Bonchev–Trinajstić information content (AvgIpc) is 3.23. The molecule has 0 unspecified atom stereocenters. The number of nitrogens with two attached hydrogens (primary N) is 1. The number of amides is 1. The van der Waals surface area contributed by atoms with E-state index in [1.807, 2.05) is 0 Å². The standard InChI is InChI=1S/C20H15F2N5O3/c21-14-2-1-12(10-15(14)22)25-19-13-5-8-29-17(13)20(27-26-19)30-7-4-11-3-6-24-16(9-11)18(23)28/h1-3,5-6,8-10H,4,7H2,(H2,23,28)(H,25,26). The summed E-state index contributed by atoms with van der Waals surface area (Å²) in [6.07, 6.45) is 3.42. The molecule has 3 aromatic heterocycles. The molecule has 0 aliphatic rings. The van der Waals surface area contributed by atoms with Crippen LogP contribution in [0.25, 0.3) is 11.0 Å². The number of primary amides is 1. The van der Waals surface area contributed by atoms with Crippen molar-refractivity contribution < 1.29 is 22.7 Å². The van der Waals surface area contributed by atoms with Crippen molar-refractivity contribution in [2.45, 2.75) is 6.42 Å². The number of aromatic nitrogens is 3. The molecule has 3 N–H and O–H groups in total. The van der Waals surface area contributed by atoms with Crippen LogP contribution < -0.4 is 15.8 Å². The van der Waals surface area contributed by atoms with E-state index in [1.54, 1.807) is 18.2 Å². The summed E-state index contributed by atoms with van der Waals surface area (Å²) in [5.74, 6) is -2.05. The first-order chi connectivity index (χ1) is 14.5. The van der Waals surface area contributed by atoms with E-state index in [1.165, 1.54) is 18.5 Å². The number of nitrogens with zero attached hydrogens (tertiary/aromatic N) is 3. The molecule has 0 bridgehead atoms. The summed E-state index contributed by atoms with van der Waals surface area (Å²) in [4.78, 5) is 15.1. The number of carbonyl (C=O) groups is 1. The van der Waals surface area contributed by atoms with Crippen molar-refractivity contribution in [3.05, 3.63) is 71.8 Å². The van der Waals surface area contributed by atoms with Gasteiger partial charge in [-0.2, -0.15) is 0 Å². The number of halogens is 2. The number of carbonyl (C=O) groups excluding carboxylic acids is 1. The van der Waals surface area contributed by atoms with Crippen LogP contribution in [0.2, 0.25) is 0 Å². The van der Waals surface area contributed by atoms with E-state index in [-0.39, 0.29) is 18.2 Å². The molecule has 30 heavy (non-hydrogen) atoms. The monoisotopic (exact) mass is 411 g/mol. The van der Waals surface area contributed by atoms with E-state index in [0.29, 0.717) is 28.9 Å². The second-order valence-electron chi connectivity index (χ2n) is 6.28. The zero-order valence-electron chi connectivity index (χ0n) is 15.4. The van der Waals surface area contributed by atoms with E-state index in [4.69, 9.17) is 14.9 Å². The fourth-order valence-corrected chi connectivity index (χ4v) is 2.78. The van der Waals surface area contributed by atoms with Crippen LogP contribution in [0.4, 0.5) is 20.3 Å². The fourth-order valence-electron chi connectivity index (χ4n) is 2.78. The highest BCUT2D eigenvalue weighted by atomic mass is 19.2. The number of benzene rings is 1. The largest absolute Gasteiger partial charge is 0.474 e. The van der Waals surface area contributed by atoms with Gasteiger partial charge in [0.1, 0.15) is 5.69 Å². The average molecular weight is 411 g/mol. The summed E-state index contributed by atoms with van der Waals surface area (Å²) in [6, 6.07) is 8.40. The Bertz CT molecular complexity index is 1230. The first-order valence-corrected chi connectivity index (χ1v) is 8.85. The molecular formula is C20H15F2N5O3. The number of hydrogen-bond donors (Lipinski definition) is 2. The lowest BCUT2D eigenvalue weighted by molar-refractivity contribution is 0.0995. The van der Waals surface area contributed by atoms with Crippen LogP contribution in [0.3, 0.4) is 0 Å². The maximum atomic E-state index is 13.4. The number of fused-ring (bicyclic) bond motifs is 1. The molecule has 1 amide bonds. The van der Waals surface area contributed by atoms with Crippen molar-refractivity contribution in [2.75, 3.05) is 11.9 Å². The molecule has 0 radical (unpaired) electrons. The lowest BCUT2D eigenvalue weighted by atomic mass is 10.2. The molecule has 0 saturated heterocycles. The van der Waals surface area contributed by atoms with Crippen LogP contribution in [0.1, 0.15) is 16.1 Å². The van der Waals surface area contributed by atoms with E-state index >= 15 is 0 Å². The second kappa shape index (κ2) is 8.11. The van der Waals surface area contributed by atoms with Crippen molar-refractivity contribution in [1.29, 1.82) is 0 Å². The van der Waals surface area contributed by atoms with E-state index in [2.05, 4.69) is 20.5 Å². The third-order valence-electron chi connectivity index (χ3n) is 4.24. The SMILES string of the molecule is NC(=O)c1cc(CCOc2nnc(Nc3ccc(F)c(F)c3)c3ccoc23)ccn1. The highest BCUT2D eigenvalue weighted by Gasteiger charge is 2.15. The van der Waals surface area contributed by atoms with Gasteiger partial charge in [0.05, 0.1) is 18.3 Å². The predicted molar refractivity (Wildman–Crippen MR) is 103 cm³/mol. The van der Waals surface area contributed by atoms with Gasteiger partial charge in [-0.15, -0.1) is 10.2 Å². The van der Waals surface area contributed by atoms with Gasteiger partial charge in [-0.05, 0) is 35.9 Å². The number of furan rings is 1. The number of rotatable bonds is 7. The molecule has 10 heteroatoms. The van der Waals surface area contributed by atoms with Crippen LogP contribution in [-0.4, -0.2) is 27.7 Å². The maximum absolute atomic E-state index is 13.4. The van der Waals surface area contributed by atoms with E-state index in [0.717, 1.165) is 17.7 Å². The molecule has 4 rings (SSSR count). The minimum absolute atomic E-state index is 0.174. The highest BCUT2D eigenvalue weighted by molar-refractivity contribution is 5.92. The topological polar surface area (TPSA) is 116 Å². The van der Waals surface area contributed by atoms with E-state index in [9.17, 15) is 13.6 Å². The van der Waals surface area contributed by atoms with Gasteiger partial charge in [0.2, 0.25) is 5.58 Å². The Labute approximate surface area is 168 Å². The van der Waals surface area contributed by atoms with Crippen LogP contribution in [0.15, 0.2) is 53.3 Å². The Hall–Kier alpha value is -4.08. The molecular weight excluding hydrogens is 396 g/mol. The zero-order valence-corrected chi connectivity index (χ0v) is 15.4. The smallest absolute Gasteiger partial charge is 0.277 e. The van der Waals surface area contributed by atoms with Gasteiger partial charge in [0, 0.05) is 24.4 Å². The van der Waals surface area contributed by atoms with Gasteiger partial charge in [0.15, 0.2) is 17.5 Å². The first-order valence-electron chi connectivity index (χ1n) is 8.85. The quantitative estimate of drug-likeness (QED) is 0.479. The van der Waals surface area contributed by atoms with Crippen LogP contribution >= 0.6 is 0 Å². The minimum atomic E-state index is -0.980. The summed E-state index contributed by atoms with van der Waals surface area (Å²) >= 11 is 0. The summed E-state index contributed by atoms with van der Waals surface area (Å²) < 4.78 is 37.7. The molecule has 0 spiro atoms. The summed E-state index contributed by atoms with van der Waals surface area (Å²) in [6.45, 7) is 0.239. The Balaban J connectivity index is 1.49. The predicted octanol–water partition coefficient (Wildman–Crippen LogP) is 3.36. The summed E-state index contributed by atoms with van der Waals surface area (Å²) in [5.41, 5.74) is 6.88. The molecule has 8 nitrogen and oxygen atoms in total. The highest BCUT2D eigenvalue weighted by Crippen LogP contribution is 2.30. The van der Waals surface area contributed by atoms with Crippen molar-refractivity contribution in [3.8, 4) is 5.88 Å². The number of pyridine rings is 1. The molecule has 0 fully saturated rings. The molecule has 4 aromatic rings. The Morgan fingerprint density at radius 1 is 1.13 bits per heavy atom. The summed E-state index contributed by atoms with van der Waals surface area (Å²) in [7, 11) is 0. The number of anilines is 2. The molecule has 3 heterocycles. The summed E-state index contributed by atoms with van der Waals surface area (Å²) in [5, 5.41) is 11.5. The lowest BCUT2D eigenvalue weighted by Crippen LogP contribution is -2.13. The van der Waals surface area contributed by atoms with Crippen molar-refractivity contribution in [3.63, 3.8) is 0 Å². The molecule has 0 aliphatic heterocycles. The minimum Gasteiger partial charge on any atom is -0.474 e. The maximum Gasteiger partial charge on any atom is 0.277 e. The Morgan fingerprint density at radius 3 is 2.80 bits per heavy atom. The molecule has 152 valence electrons.